The van der Waals surface area contributed by atoms with Crippen molar-refractivity contribution in [2.45, 2.75) is 20.8 Å². The first-order chi connectivity index (χ1) is 6.16. The van der Waals surface area contributed by atoms with Crippen molar-refractivity contribution in [3.8, 4) is 0 Å². The van der Waals surface area contributed by atoms with Gasteiger partial charge in [0, 0.05) is 12.7 Å². The molecule has 0 saturated carbocycles. The zero-order valence-corrected chi connectivity index (χ0v) is 8.22. The molecule has 0 saturated heterocycles. The molecular formula is C10H14N2O. The lowest BCUT2D eigenvalue weighted by Gasteiger charge is -2.07. The smallest absolute Gasteiger partial charge is 0.253 e. The molecule has 1 heterocycles. The second-order valence-electron chi connectivity index (χ2n) is 2.95. The number of nitrogens with zero attached hydrogens (tertiary/aromatic N) is 1. The summed E-state index contributed by atoms with van der Waals surface area (Å²) in [6.07, 6.45) is 1.72. The Bertz CT molecular complexity index is 300. The Kier molecular flexibility index (Phi) is 3.01. The van der Waals surface area contributed by atoms with Crippen LogP contribution in [0.4, 0.5) is 0 Å². The van der Waals surface area contributed by atoms with Gasteiger partial charge in [-0.3, -0.25) is 9.78 Å². The fourth-order valence-corrected chi connectivity index (χ4v) is 1.29. The molecule has 0 aliphatic rings. The van der Waals surface area contributed by atoms with Gasteiger partial charge in [-0.1, -0.05) is 0 Å². The minimum Gasteiger partial charge on any atom is -0.352 e. The first kappa shape index (κ1) is 9.71. The molecule has 1 aromatic heterocycles. The van der Waals surface area contributed by atoms with Crippen molar-refractivity contribution in [3.05, 3.63) is 29.1 Å². The largest absolute Gasteiger partial charge is 0.352 e. The normalized spacial score (nSPS) is 9.77. The number of rotatable bonds is 2. The summed E-state index contributed by atoms with van der Waals surface area (Å²) >= 11 is 0. The van der Waals surface area contributed by atoms with Crippen LogP contribution in [0, 0.1) is 13.8 Å². The van der Waals surface area contributed by atoms with E-state index in [9.17, 15) is 4.79 Å². The number of carbonyl (C=O) groups excluding carboxylic acids is 1. The zero-order valence-electron chi connectivity index (χ0n) is 8.22. The summed E-state index contributed by atoms with van der Waals surface area (Å²) in [6.45, 7) is 6.31. The van der Waals surface area contributed by atoms with Gasteiger partial charge in [0.05, 0.1) is 11.3 Å². The highest BCUT2D eigenvalue weighted by Gasteiger charge is 2.10. The number of amides is 1. The van der Waals surface area contributed by atoms with E-state index in [-0.39, 0.29) is 5.91 Å². The second kappa shape index (κ2) is 4.03. The number of hydrogen-bond acceptors (Lipinski definition) is 2. The van der Waals surface area contributed by atoms with Gasteiger partial charge in [-0.2, -0.15) is 0 Å². The van der Waals surface area contributed by atoms with Crippen LogP contribution in [0.25, 0.3) is 0 Å². The molecule has 0 spiro atoms. The monoisotopic (exact) mass is 178 g/mol. The molecule has 0 atom stereocenters. The van der Waals surface area contributed by atoms with Gasteiger partial charge in [-0.15, -0.1) is 0 Å². The van der Waals surface area contributed by atoms with Gasteiger partial charge < -0.3 is 5.32 Å². The van der Waals surface area contributed by atoms with Gasteiger partial charge in [0.25, 0.3) is 5.91 Å². The van der Waals surface area contributed by atoms with Gasteiger partial charge >= 0.3 is 0 Å². The summed E-state index contributed by atoms with van der Waals surface area (Å²) in [6, 6.07) is 1.84. The number of pyridine rings is 1. The third kappa shape index (κ3) is 2.05. The topological polar surface area (TPSA) is 42.0 Å². The van der Waals surface area contributed by atoms with Gasteiger partial charge in [-0.05, 0) is 32.4 Å². The second-order valence-corrected chi connectivity index (χ2v) is 2.95. The van der Waals surface area contributed by atoms with Crippen LogP contribution >= 0.6 is 0 Å². The van der Waals surface area contributed by atoms with Crippen molar-refractivity contribution in [1.82, 2.24) is 10.3 Å². The highest BCUT2D eigenvalue weighted by atomic mass is 16.1. The van der Waals surface area contributed by atoms with Crippen molar-refractivity contribution in [3.63, 3.8) is 0 Å². The lowest BCUT2D eigenvalue weighted by molar-refractivity contribution is 0.0954. The summed E-state index contributed by atoms with van der Waals surface area (Å²) in [4.78, 5) is 15.6. The molecule has 0 bridgehead atoms. The zero-order chi connectivity index (χ0) is 9.84. The lowest BCUT2D eigenvalue weighted by atomic mass is 10.1. The molecule has 0 aromatic carbocycles. The summed E-state index contributed by atoms with van der Waals surface area (Å²) in [5, 5.41) is 2.76. The molecule has 0 unspecified atom stereocenters. The Labute approximate surface area is 78.2 Å². The van der Waals surface area contributed by atoms with E-state index in [4.69, 9.17) is 0 Å². The molecular weight excluding hydrogens is 164 g/mol. The predicted octanol–water partition coefficient (Wildman–Crippen LogP) is 1.45. The molecule has 0 aliphatic heterocycles. The van der Waals surface area contributed by atoms with E-state index >= 15 is 0 Å². The van der Waals surface area contributed by atoms with Crippen LogP contribution in [0.2, 0.25) is 0 Å². The van der Waals surface area contributed by atoms with Crippen molar-refractivity contribution in [1.29, 1.82) is 0 Å². The van der Waals surface area contributed by atoms with Crippen LogP contribution in [0.15, 0.2) is 12.3 Å². The lowest BCUT2D eigenvalue weighted by Crippen LogP contribution is -2.24. The van der Waals surface area contributed by atoms with Crippen molar-refractivity contribution in [2.75, 3.05) is 6.54 Å². The quantitative estimate of drug-likeness (QED) is 0.744. The maximum Gasteiger partial charge on any atom is 0.253 e. The molecule has 1 amide bonds. The highest BCUT2D eigenvalue weighted by Crippen LogP contribution is 2.09. The third-order valence-corrected chi connectivity index (χ3v) is 1.91. The molecule has 70 valence electrons. The van der Waals surface area contributed by atoms with Gasteiger partial charge in [0.15, 0.2) is 0 Å². The fraction of sp³-hybridized carbons (Fsp3) is 0.400. The average molecular weight is 178 g/mol. The number of nitrogens with one attached hydrogen (secondary N) is 1. The number of aryl methyl sites for hydroxylation is 2. The van der Waals surface area contributed by atoms with E-state index in [2.05, 4.69) is 10.3 Å². The van der Waals surface area contributed by atoms with Crippen LogP contribution < -0.4 is 5.32 Å². The highest BCUT2D eigenvalue weighted by molar-refractivity contribution is 5.96. The van der Waals surface area contributed by atoms with Crippen molar-refractivity contribution in [2.24, 2.45) is 0 Å². The first-order valence-corrected chi connectivity index (χ1v) is 4.37. The van der Waals surface area contributed by atoms with E-state index in [1.54, 1.807) is 6.20 Å². The Balaban J connectivity index is 3.05. The summed E-state index contributed by atoms with van der Waals surface area (Å²) in [7, 11) is 0. The summed E-state index contributed by atoms with van der Waals surface area (Å²) in [5.74, 6) is -0.0365. The van der Waals surface area contributed by atoms with E-state index in [0.717, 1.165) is 11.3 Å². The molecule has 0 aliphatic carbocycles. The van der Waals surface area contributed by atoms with Crippen molar-refractivity contribution < 1.29 is 4.79 Å². The first-order valence-electron chi connectivity index (χ1n) is 4.37. The average Bonchev–Trinajstić information content (AvgIpc) is 2.04. The minimum absolute atomic E-state index is 0.0365. The standard InChI is InChI=1S/C10H14N2O/c1-4-11-10(13)9-7(2)5-6-12-8(9)3/h5-6H,4H2,1-3H3,(H,11,13). The molecule has 1 rings (SSSR count). The molecule has 3 nitrogen and oxygen atoms in total. The van der Waals surface area contributed by atoms with E-state index in [1.165, 1.54) is 0 Å². The maximum atomic E-state index is 11.5. The van der Waals surface area contributed by atoms with E-state index in [1.807, 2.05) is 26.8 Å². The van der Waals surface area contributed by atoms with Gasteiger partial charge in [-0.25, -0.2) is 0 Å². The van der Waals surface area contributed by atoms with Crippen LogP contribution in [0.1, 0.15) is 28.5 Å². The van der Waals surface area contributed by atoms with Crippen LogP contribution in [-0.4, -0.2) is 17.4 Å². The Morgan fingerprint density at radius 2 is 2.23 bits per heavy atom. The molecule has 0 fully saturated rings. The number of hydrogen-bond donors (Lipinski definition) is 1. The molecule has 3 heteroatoms. The number of aromatic nitrogens is 1. The summed E-state index contributed by atoms with van der Waals surface area (Å²) in [5.41, 5.74) is 2.45. The number of carbonyl (C=O) groups is 1. The Morgan fingerprint density at radius 1 is 1.54 bits per heavy atom. The maximum absolute atomic E-state index is 11.5. The van der Waals surface area contributed by atoms with E-state index < -0.39 is 0 Å². The van der Waals surface area contributed by atoms with Gasteiger partial charge in [0.1, 0.15) is 0 Å². The minimum atomic E-state index is -0.0365. The van der Waals surface area contributed by atoms with E-state index in [0.29, 0.717) is 12.1 Å². The van der Waals surface area contributed by atoms with Crippen LogP contribution in [0.5, 0.6) is 0 Å². The van der Waals surface area contributed by atoms with Crippen molar-refractivity contribution >= 4 is 5.91 Å². The molecule has 0 radical (unpaired) electrons. The third-order valence-electron chi connectivity index (χ3n) is 1.91. The van der Waals surface area contributed by atoms with Crippen LogP contribution in [-0.2, 0) is 0 Å². The Morgan fingerprint density at radius 3 is 2.77 bits per heavy atom. The fourth-order valence-electron chi connectivity index (χ4n) is 1.29. The van der Waals surface area contributed by atoms with Crippen LogP contribution in [0.3, 0.4) is 0 Å². The SMILES string of the molecule is CCNC(=O)c1c(C)ccnc1C. The molecule has 13 heavy (non-hydrogen) atoms. The predicted molar refractivity (Wildman–Crippen MR) is 51.7 cm³/mol. The Hall–Kier alpha value is -1.38. The molecule has 1 N–H and O–H groups in total. The summed E-state index contributed by atoms with van der Waals surface area (Å²) < 4.78 is 0. The van der Waals surface area contributed by atoms with Gasteiger partial charge in [0.2, 0.25) is 0 Å². The molecule has 1 aromatic rings.